The fourth-order valence-corrected chi connectivity index (χ4v) is 12.3. The zero-order valence-corrected chi connectivity index (χ0v) is 47.7. The molecule has 0 radical (unpaired) electrons. The summed E-state index contributed by atoms with van der Waals surface area (Å²) in [5, 5.41) is 12.1. The topological polar surface area (TPSA) is 188 Å². The summed E-state index contributed by atoms with van der Waals surface area (Å²) in [6.07, 6.45) is 3.34. The van der Waals surface area contributed by atoms with Gasteiger partial charge >= 0.3 is 5.97 Å². The number of piperazine rings is 1. The Hall–Kier alpha value is -5.36. The molecule has 0 amide bonds. The quantitative estimate of drug-likeness (QED) is 0.0802. The number of ether oxygens (including phenoxy) is 10. The molecule has 1 unspecified atom stereocenters. The number of hydrogen-bond acceptors (Lipinski definition) is 18. The summed E-state index contributed by atoms with van der Waals surface area (Å²) in [6.45, 7) is 11.5. The first-order valence-electron chi connectivity index (χ1n) is 27.1. The number of thiophene rings is 1. The lowest BCUT2D eigenvalue weighted by Crippen LogP contribution is -2.49. The van der Waals surface area contributed by atoms with E-state index in [-0.39, 0.29) is 47.8 Å². The number of likely N-dealkylation sites (N-methyl/N-ethyl adjacent to an activating group) is 1. The molecular formula is C58H67Cl2FN6O12S. The van der Waals surface area contributed by atoms with Gasteiger partial charge in [0.05, 0.1) is 80.1 Å². The van der Waals surface area contributed by atoms with Gasteiger partial charge in [0.15, 0.2) is 11.6 Å². The third-order valence-corrected chi connectivity index (χ3v) is 17.1. The van der Waals surface area contributed by atoms with E-state index in [1.165, 1.54) is 29.8 Å². The van der Waals surface area contributed by atoms with Crippen molar-refractivity contribution in [3.63, 3.8) is 0 Å². The average Bonchev–Trinajstić information content (AvgIpc) is 3.95. The second kappa shape index (κ2) is 26.7. The lowest BCUT2D eigenvalue weighted by atomic mass is 9.82. The summed E-state index contributed by atoms with van der Waals surface area (Å²) in [5.74, 6) is 0.00256. The van der Waals surface area contributed by atoms with Crippen molar-refractivity contribution in [1.82, 2.24) is 29.7 Å². The molecule has 428 valence electrons. The minimum atomic E-state index is -1.50. The highest BCUT2D eigenvalue weighted by molar-refractivity contribution is 7.22. The molecule has 6 aromatic rings. The number of carbonyl (C=O) groups is 1. The zero-order chi connectivity index (χ0) is 55.8. The number of aromatic nitrogens is 4. The summed E-state index contributed by atoms with van der Waals surface area (Å²) >= 11 is 16.1. The van der Waals surface area contributed by atoms with E-state index in [0.717, 1.165) is 26.2 Å². The van der Waals surface area contributed by atoms with E-state index in [1.807, 2.05) is 13.8 Å². The van der Waals surface area contributed by atoms with Gasteiger partial charge in [-0.3, -0.25) is 4.90 Å². The molecule has 3 atom stereocenters. The maximum absolute atomic E-state index is 14.5. The van der Waals surface area contributed by atoms with E-state index in [0.29, 0.717) is 162 Å². The summed E-state index contributed by atoms with van der Waals surface area (Å²) in [4.78, 5) is 38.4. The Morgan fingerprint density at radius 2 is 1.68 bits per heavy atom. The van der Waals surface area contributed by atoms with Gasteiger partial charge < -0.3 is 57.4 Å². The van der Waals surface area contributed by atoms with Crippen LogP contribution in [0.5, 0.6) is 23.1 Å². The molecule has 3 fully saturated rings. The lowest BCUT2D eigenvalue weighted by Gasteiger charge is -2.39. The van der Waals surface area contributed by atoms with Crippen molar-refractivity contribution in [2.24, 2.45) is 0 Å². The van der Waals surface area contributed by atoms with Crippen LogP contribution in [0.1, 0.15) is 53.9 Å². The number of hydrogen-bond donors (Lipinski definition) is 1. The fourth-order valence-electron chi connectivity index (χ4n) is 10.6. The zero-order valence-electron chi connectivity index (χ0n) is 45.4. The fraction of sp³-hybridized carbons (Fsp3) is 0.500. The largest absolute Gasteiger partial charge is 0.490 e. The van der Waals surface area contributed by atoms with Crippen LogP contribution in [0, 0.1) is 19.7 Å². The van der Waals surface area contributed by atoms with Gasteiger partial charge in [-0.15, -0.1) is 11.3 Å². The maximum Gasteiger partial charge on any atom is 0.345 e. The van der Waals surface area contributed by atoms with E-state index in [1.54, 1.807) is 49.7 Å². The molecule has 7 heterocycles. The minimum Gasteiger partial charge on any atom is -0.490 e. The van der Waals surface area contributed by atoms with Crippen LogP contribution in [-0.2, 0) is 51.8 Å². The SMILES string of the molecule is COCCOCCOC1(c2nccc(COc3ccc4cc3C[C@H](C(=O)O)Oc3ncnc5sc(-c6ccc(F)cc6)c(c35)-c3c(C)c(Cl)c(c(Cl)c3C)O[C@H](CN3CCN(C)CC3)CO4)n2)CCC(OCC2COCCO2)CC1. The Balaban J connectivity index is 0.984. The summed E-state index contributed by atoms with van der Waals surface area (Å²) in [6, 6.07) is 13.2. The molecule has 1 aliphatic carbocycles. The van der Waals surface area contributed by atoms with Crippen molar-refractivity contribution in [3.8, 4) is 44.7 Å². The molecule has 1 N–H and O–H groups in total. The average molecular weight is 1160 g/mol. The Morgan fingerprint density at radius 1 is 0.900 bits per heavy atom. The molecule has 80 heavy (non-hydrogen) atoms. The molecule has 3 aromatic carbocycles. The number of fused-ring (bicyclic) bond motifs is 7. The molecule has 11 rings (SSSR count). The summed E-state index contributed by atoms with van der Waals surface area (Å²) < 4.78 is 76.5. The van der Waals surface area contributed by atoms with Gasteiger partial charge in [0.25, 0.3) is 0 Å². The predicted octanol–water partition coefficient (Wildman–Crippen LogP) is 9.17. The van der Waals surface area contributed by atoms with E-state index < -0.39 is 29.6 Å². The van der Waals surface area contributed by atoms with Gasteiger partial charge in [-0.1, -0.05) is 35.3 Å². The van der Waals surface area contributed by atoms with E-state index >= 15 is 0 Å². The molecule has 22 heteroatoms. The van der Waals surface area contributed by atoms with Crippen molar-refractivity contribution in [1.29, 1.82) is 0 Å². The van der Waals surface area contributed by atoms with Crippen LogP contribution in [0.25, 0.3) is 31.8 Å². The summed E-state index contributed by atoms with van der Waals surface area (Å²) in [7, 11) is 3.73. The van der Waals surface area contributed by atoms with Crippen molar-refractivity contribution in [2.75, 3.05) is 106 Å². The number of aliphatic carboxylic acids is 1. The van der Waals surface area contributed by atoms with Gasteiger partial charge in [-0.05, 0) is 105 Å². The van der Waals surface area contributed by atoms with Crippen molar-refractivity contribution >= 4 is 50.7 Å². The summed E-state index contributed by atoms with van der Waals surface area (Å²) in [5.41, 5.74) is 3.46. The van der Waals surface area contributed by atoms with Crippen LogP contribution in [0.3, 0.4) is 0 Å². The van der Waals surface area contributed by atoms with Crippen LogP contribution in [-0.4, -0.2) is 172 Å². The van der Waals surface area contributed by atoms with E-state index in [9.17, 15) is 14.3 Å². The Labute approximate surface area is 478 Å². The standard InChI is InChI=1S/C58H67Cl2FN6O12S/c1-35-47-36(2)51(60)52(50(35)59)78-43(29-67-19-17-66(3)18-20-67)32-75-42-9-10-45(38(27-42)28-46(56(68)69)79-54-49-48(47)53(80-55(49)64-34-63-54)37-5-7-39(61)8-6-37)76-30-40-13-16-62-57(65-40)58(77-26-24-71-22-21-70-4)14-11-41(12-15-58)74-33-44-31-72-23-25-73-44/h5-10,13,16,27,34,41,43-44,46H,11-12,14-15,17-26,28-33H2,1-4H3,(H,68,69)/t41?,43-,44?,46-,58?/m1/s1. The Bertz CT molecular complexity index is 3050. The van der Waals surface area contributed by atoms with Crippen molar-refractivity contribution in [2.45, 2.75) is 82.6 Å². The molecule has 3 aromatic heterocycles. The number of rotatable bonds is 18. The first-order valence-corrected chi connectivity index (χ1v) is 28.6. The Kier molecular flexibility index (Phi) is 19.3. The first kappa shape index (κ1) is 57.9. The number of carboxylic acid groups (broad SMARTS) is 1. The third kappa shape index (κ3) is 13.6. The Morgan fingerprint density at radius 3 is 2.41 bits per heavy atom. The first-order chi connectivity index (χ1) is 38.9. The molecule has 1 saturated carbocycles. The van der Waals surface area contributed by atoms with Crippen LogP contribution in [0.15, 0.2) is 61.1 Å². The van der Waals surface area contributed by atoms with Gasteiger partial charge in [-0.25, -0.2) is 29.1 Å². The van der Waals surface area contributed by atoms with Gasteiger partial charge in [0.1, 0.15) is 59.5 Å². The van der Waals surface area contributed by atoms with E-state index in [2.05, 4.69) is 26.8 Å². The van der Waals surface area contributed by atoms with Gasteiger partial charge in [-0.2, -0.15) is 0 Å². The highest BCUT2D eigenvalue weighted by atomic mass is 35.5. The maximum atomic E-state index is 14.5. The second-order valence-corrected chi connectivity index (χ2v) is 22.3. The number of carboxylic acids is 1. The van der Waals surface area contributed by atoms with Gasteiger partial charge in [0, 0.05) is 68.5 Å². The molecule has 4 aliphatic heterocycles. The van der Waals surface area contributed by atoms with E-state index in [4.69, 9.17) is 80.5 Å². The number of methoxy groups -OCH3 is 1. The predicted molar refractivity (Wildman–Crippen MR) is 299 cm³/mol. The second-order valence-electron chi connectivity index (χ2n) is 20.5. The van der Waals surface area contributed by atoms with Crippen LogP contribution in [0.2, 0.25) is 10.0 Å². The van der Waals surface area contributed by atoms with Crippen LogP contribution < -0.4 is 18.9 Å². The number of nitrogens with zero attached hydrogens (tertiary/aromatic N) is 6. The molecule has 4 bridgehead atoms. The monoisotopic (exact) mass is 1160 g/mol. The normalized spacial score (nSPS) is 22.1. The molecule has 0 spiro atoms. The lowest BCUT2D eigenvalue weighted by molar-refractivity contribution is -0.147. The number of halogens is 3. The molecular weight excluding hydrogens is 1090 g/mol. The van der Waals surface area contributed by atoms with Gasteiger partial charge in [0.2, 0.25) is 12.0 Å². The smallest absolute Gasteiger partial charge is 0.345 e. The molecule has 5 aliphatic rings. The molecule has 18 nitrogen and oxygen atoms in total. The van der Waals surface area contributed by atoms with Crippen molar-refractivity contribution < 1.29 is 61.7 Å². The minimum absolute atomic E-state index is 0.00111. The number of benzene rings is 3. The van der Waals surface area contributed by atoms with Crippen LogP contribution in [0.4, 0.5) is 4.39 Å². The highest BCUT2D eigenvalue weighted by Gasteiger charge is 2.41. The van der Waals surface area contributed by atoms with Crippen LogP contribution >= 0.6 is 34.5 Å². The third-order valence-electron chi connectivity index (χ3n) is 15.0. The highest BCUT2D eigenvalue weighted by Crippen LogP contribution is 2.53. The van der Waals surface area contributed by atoms with Crippen molar-refractivity contribution in [3.05, 3.63) is 105 Å². The molecule has 2 saturated heterocycles.